The number of nitrogens with one attached hydrogen (secondary N) is 2. The summed E-state index contributed by atoms with van der Waals surface area (Å²) in [6.45, 7) is 0.290. The molecule has 1 fully saturated rings. The first kappa shape index (κ1) is 24.5. The number of benzene rings is 2. The van der Waals surface area contributed by atoms with Crippen molar-refractivity contribution in [1.29, 1.82) is 0 Å². The summed E-state index contributed by atoms with van der Waals surface area (Å²) < 4.78 is 32.4. The van der Waals surface area contributed by atoms with Crippen molar-refractivity contribution in [2.24, 2.45) is 11.5 Å². The highest BCUT2D eigenvalue weighted by atomic mass is 19.3. The van der Waals surface area contributed by atoms with Gasteiger partial charge in [-0.15, -0.1) is 0 Å². The topological polar surface area (TPSA) is 123 Å². The molecule has 1 unspecified atom stereocenters. The van der Waals surface area contributed by atoms with Gasteiger partial charge in [0.2, 0.25) is 11.8 Å². The number of hydrogen-bond donors (Lipinski definition) is 4. The minimum atomic E-state index is -2.67. The van der Waals surface area contributed by atoms with E-state index in [1.807, 2.05) is 24.3 Å². The molecule has 2 amide bonds. The molecule has 2 aliphatic rings. The predicted molar refractivity (Wildman–Crippen MR) is 126 cm³/mol. The molecule has 0 bridgehead atoms. The molecule has 6 N–H and O–H groups in total. The number of para-hydroxylation sites is 1. The minimum absolute atomic E-state index is 0.172. The quantitative estimate of drug-likeness (QED) is 0.478. The van der Waals surface area contributed by atoms with Gasteiger partial charge in [0.25, 0.3) is 5.91 Å². The molecule has 0 saturated heterocycles. The number of nitrogens with zero attached hydrogens (tertiary/aromatic N) is 1. The highest BCUT2D eigenvalue weighted by Crippen LogP contribution is 2.39. The number of ether oxygens (including phenoxy) is 1. The maximum absolute atomic E-state index is 13.6. The fourth-order valence-corrected chi connectivity index (χ4v) is 4.58. The zero-order chi connectivity index (χ0) is 25.2. The molecule has 0 aromatic heterocycles. The SMILES string of the molecule is COc1ccccc1C(=O)NCc1ccc(C2NN(C3CCC(F)(F)CC3)C(N)=C2C(N)=O)cc1. The van der Waals surface area contributed by atoms with Crippen molar-refractivity contribution in [2.75, 3.05) is 7.11 Å². The summed E-state index contributed by atoms with van der Waals surface area (Å²) in [6, 6.07) is 13.4. The Hall–Kier alpha value is -3.66. The third-order valence-electron chi connectivity index (χ3n) is 6.53. The van der Waals surface area contributed by atoms with Gasteiger partial charge in [-0.05, 0) is 36.1 Å². The molecular weight excluding hydrogens is 456 g/mol. The second-order valence-electron chi connectivity index (χ2n) is 8.81. The summed E-state index contributed by atoms with van der Waals surface area (Å²) in [6.07, 6.45) is 0.0541. The number of hydrogen-bond acceptors (Lipinski definition) is 6. The van der Waals surface area contributed by atoms with Gasteiger partial charge in [0.15, 0.2) is 0 Å². The third-order valence-corrected chi connectivity index (χ3v) is 6.53. The van der Waals surface area contributed by atoms with Crippen LogP contribution in [0.3, 0.4) is 0 Å². The molecule has 8 nitrogen and oxygen atoms in total. The summed E-state index contributed by atoms with van der Waals surface area (Å²) >= 11 is 0. The van der Waals surface area contributed by atoms with Crippen LogP contribution in [0.1, 0.15) is 53.2 Å². The van der Waals surface area contributed by atoms with E-state index in [-0.39, 0.29) is 49.0 Å². The van der Waals surface area contributed by atoms with Gasteiger partial charge in [-0.3, -0.25) is 14.6 Å². The van der Waals surface area contributed by atoms with E-state index >= 15 is 0 Å². The van der Waals surface area contributed by atoms with Gasteiger partial charge in [-0.1, -0.05) is 36.4 Å². The van der Waals surface area contributed by atoms with Crippen molar-refractivity contribution in [1.82, 2.24) is 15.8 Å². The van der Waals surface area contributed by atoms with Crippen LogP contribution >= 0.6 is 0 Å². The zero-order valence-electron chi connectivity index (χ0n) is 19.4. The summed E-state index contributed by atoms with van der Waals surface area (Å²) in [4.78, 5) is 24.7. The Morgan fingerprint density at radius 1 is 1.14 bits per heavy atom. The lowest BCUT2D eigenvalue weighted by atomic mass is 9.92. The maximum Gasteiger partial charge on any atom is 0.255 e. The van der Waals surface area contributed by atoms with E-state index in [4.69, 9.17) is 16.2 Å². The Bertz CT molecular complexity index is 1130. The van der Waals surface area contributed by atoms with Crippen LogP contribution in [-0.2, 0) is 11.3 Å². The molecule has 4 rings (SSSR count). The number of carbonyl (C=O) groups excluding carboxylic acids is 2. The predicted octanol–water partition coefficient (Wildman–Crippen LogP) is 2.72. The molecule has 35 heavy (non-hydrogen) atoms. The van der Waals surface area contributed by atoms with Crippen molar-refractivity contribution in [3.63, 3.8) is 0 Å². The van der Waals surface area contributed by atoms with Crippen LogP contribution < -0.4 is 26.9 Å². The van der Waals surface area contributed by atoms with E-state index in [1.165, 1.54) is 7.11 Å². The summed E-state index contributed by atoms with van der Waals surface area (Å²) in [5.74, 6) is -2.94. The summed E-state index contributed by atoms with van der Waals surface area (Å²) in [5, 5.41) is 4.47. The monoisotopic (exact) mass is 485 g/mol. The zero-order valence-corrected chi connectivity index (χ0v) is 19.4. The molecule has 1 atom stereocenters. The Kier molecular flexibility index (Phi) is 6.93. The fourth-order valence-electron chi connectivity index (χ4n) is 4.58. The Labute approximate surface area is 202 Å². The molecule has 1 heterocycles. The average Bonchev–Trinajstić information content (AvgIpc) is 3.20. The number of alkyl halides is 2. The number of methoxy groups -OCH3 is 1. The maximum atomic E-state index is 13.6. The van der Waals surface area contributed by atoms with Crippen molar-refractivity contribution < 1.29 is 23.1 Å². The second-order valence-corrected chi connectivity index (χ2v) is 8.81. The number of rotatable bonds is 7. The lowest BCUT2D eigenvalue weighted by Gasteiger charge is -2.36. The largest absolute Gasteiger partial charge is 0.496 e. The Morgan fingerprint density at radius 2 is 1.80 bits per heavy atom. The lowest BCUT2D eigenvalue weighted by molar-refractivity contribution is -0.114. The van der Waals surface area contributed by atoms with E-state index < -0.39 is 17.9 Å². The van der Waals surface area contributed by atoms with Crippen LogP contribution in [0, 0.1) is 0 Å². The highest BCUT2D eigenvalue weighted by molar-refractivity contribution is 5.97. The molecule has 0 radical (unpaired) electrons. The standard InChI is InChI=1S/C25H29F2N5O3/c1-35-19-5-3-2-4-18(19)24(34)30-14-15-6-8-16(9-7-15)21-20(23(29)33)22(28)32(31-21)17-10-12-25(26,27)13-11-17/h2-9,17,21,31H,10-14,28H2,1H3,(H2,29,33)(H,30,34). The second kappa shape index (κ2) is 9.91. The van der Waals surface area contributed by atoms with Gasteiger partial charge in [0.1, 0.15) is 11.6 Å². The molecular formula is C25H29F2N5O3. The van der Waals surface area contributed by atoms with E-state index in [2.05, 4.69) is 10.7 Å². The molecule has 1 aliphatic carbocycles. The van der Waals surface area contributed by atoms with Gasteiger partial charge >= 0.3 is 0 Å². The van der Waals surface area contributed by atoms with Crippen LogP contribution in [0.4, 0.5) is 8.78 Å². The van der Waals surface area contributed by atoms with Gasteiger partial charge < -0.3 is 21.5 Å². The first-order valence-electron chi connectivity index (χ1n) is 11.4. The van der Waals surface area contributed by atoms with Gasteiger partial charge in [-0.2, -0.15) is 0 Å². The number of carbonyl (C=O) groups is 2. The summed E-state index contributed by atoms with van der Waals surface area (Å²) in [7, 11) is 1.51. The molecule has 2 aromatic carbocycles. The van der Waals surface area contributed by atoms with E-state index in [0.29, 0.717) is 17.9 Å². The van der Waals surface area contributed by atoms with Crippen molar-refractivity contribution >= 4 is 11.8 Å². The van der Waals surface area contributed by atoms with Crippen LogP contribution in [0.2, 0.25) is 0 Å². The first-order valence-corrected chi connectivity index (χ1v) is 11.4. The third kappa shape index (κ3) is 5.22. The number of nitrogens with two attached hydrogens (primary N) is 2. The van der Waals surface area contributed by atoms with Gasteiger partial charge in [0.05, 0.1) is 24.3 Å². The minimum Gasteiger partial charge on any atom is -0.496 e. The lowest BCUT2D eigenvalue weighted by Crippen LogP contribution is -2.46. The van der Waals surface area contributed by atoms with Crippen LogP contribution in [0.5, 0.6) is 5.75 Å². The molecule has 0 spiro atoms. The number of hydrazine groups is 1. The van der Waals surface area contributed by atoms with E-state index in [0.717, 1.165) is 11.1 Å². The number of primary amides is 1. The summed E-state index contributed by atoms with van der Waals surface area (Å²) in [5.41, 5.74) is 17.3. The smallest absolute Gasteiger partial charge is 0.255 e. The fraction of sp³-hybridized carbons (Fsp3) is 0.360. The molecule has 1 aliphatic heterocycles. The molecule has 1 saturated carbocycles. The van der Waals surface area contributed by atoms with Crippen LogP contribution in [0.15, 0.2) is 59.9 Å². The van der Waals surface area contributed by atoms with Gasteiger partial charge in [-0.25, -0.2) is 14.2 Å². The Balaban J connectivity index is 1.44. The van der Waals surface area contributed by atoms with E-state index in [1.54, 1.807) is 29.3 Å². The molecule has 10 heteroatoms. The van der Waals surface area contributed by atoms with Crippen LogP contribution in [0.25, 0.3) is 0 Å². The highest BCUT2D eigenvalue weighted by Gasteiger charge is 2.42. The average molecular weight is 486 g/mol. The van der Waals surface area contributed by atoms with Crippen molar-refractivity contribution in [2.45, 2.75) is 50.2 Å². The number of halogens is 2. The van der Waals surface area contributed by atoms with Crippen molar-refractivity contribution in [3.8, 4) is 5.75 Å². The van der Waals surface area contributed by atoms with E-state index in [9.17, 15) is 18.4 Å². The van der Waals surface area contributed by atoms with Crippen molar-refractivity contribution in [3.05, 3.63) is 76.6 Å². The molecule has 2 aromatic rings. The molecule has 186 valence electrons. The first-order chi connectivity index (χ1) is 16.7. The Morgan fingerprint density at radius 3 is 2.43 bits per heavy atom. The number of amides is 2. The normalized spacial score (nSPS) is 20.1. The van der Waals surface area contributed by atoms with Crippen LogP contribution in [-0.4, -0.2) is 35.9 Å². The van der Waals surface area contributed by atoms with Gasteiger partial charge in [0, 0.05) is 25.4 Å².